The molecule has 0 amide bonds. The van der Waals surface area contributed by atoms with Crippen LogP contribution in [0.4, 0.5) is 4.39 Å². The number of fused-ring (bicyclic) bond motifs is 1. The first-order valence-electron chi connectivity index (χ1n) is 11.5. The second kappa shape index (κ2) is 8.55. The number of hydrogen-bond donors (Lipinski definition) is 0. The maximum absolute atomic E-state index is 14.0. The van der Waals surface area contributed by atoms with Crippen LogP contribution < -0.4 is 4.74 Å². The molecule has 3 fully saturated rings. The second-order valence-corrected chi connectivity index (χ2v) is 9.98. The molecule has 0 bridgehead atoms. The monoisotopic (exact) mass is 386 g/mol. The maximum Gasteiger partial charge on any atom is 0.314 e. The summed E-state index contributed by atoms with van der Waals surface area (Å²) >= 11 is 0. The molecule has 28 heavy (non-hydrogen) atoms. The zero-order valence-corrected chi connectivity index (χ0v) is 17.5. The Morgan fingerprint density at radius 3 is 2.21 bits per heavy atom. The number of esters is 1. The van der Waals surface area contributed by atoms with E-state index >= 15 is 0 Å². The van der Waals surface area contributed by atoms with Gasteiger partial charge in [0.1, 0.15) is 0 Å². The fraction of sp³-hybridized carbons (Fsp3) is 0.720. The van der Waals surface area contributed by atoms with Crippen LogP contribution in [0.3, 0.4) is 0 Å². The van der Waals surface area contributed by atoms with E-state index in [1.807, 2.05) is 6.92 Å². The van der Waals surface area contributed by atoms with E-state index in [-0.39, 0.29) is 17.6 Å². The normalized spacial score (nSPS) is 35.8. The summed E-state index contributed by atoms with van der Waals surface area (Å²) in [6.45, 7) is 4.25. The molecule has 4 unspecified atom stereocenters. The van der Waals surface area contributed by atoms with Gasteiger partial charge in [0.15, 0.2) is 11.6 Å². The van der Waals surface area contributed by atoms with Crippen LogP contribution in [0.2, 0.25) is 0 Å². The second-order valence-electron chi connectivity index (χ2n) is 9.98. The van der Waals surface area contributed by atoms with Crippen LogP contribution in [0.1, 0.15) is 76.7 Å². The summed E-state index contributed by atoms with van der Waals surface area (Å²) < 4.78 is 19.4. The Morgan fingerprint density at radius 2 is 1.50 bits per heavy atom. The van der Waals surface area contributed by atoms with Crippen LogP contribution >= 0.6 is 0 Å². The van der Waals surface area contributed by atoms with E-state index in [2.05, 4.69) is 6.92 Å². The number of rotatable bonds is 3. The van der Waals surface area contributed by atoms with Crippen molar-refractivity contribution in [3.05, 3.63) is 29.6 Å². The van der Waals surface area contributed by atoms with Crippen molar-refractivity contribution in [2.24, 2.45) is 35.5 Å². The molecule has 3 heteroatoms. The van der Waals surface area contributed by atoms with Gasteiger partial charge in [0.05, 0.1) is 5.92 Å². The molecule has 3 aliphatic carbocycles. The number of halogens is 1. The number of hydrogen-bond acceptors (Lipinski definition) is 2. The van der Waals surface area contributed by atoms with Crippen LogP contribution in [0, 0.1) is 48.2 Å². The molecule has 3 aliphatic rings. The van der Waals surface area contributed by atoms with Crippen LogP contribution in [0.15, 0.2) is 18.2 Å². The molecular formula is C25H35FO2. The Hall–Kier alpha value is -1.38. The fourth-order valence-electron chi connectivity index (χ4n) is 6.29. The molecule has 4 rings (SSSR count). The third kappa shape index (κ3) is 4.44. The zero-order chi connectivity index (χ0) is 19.7. The highest BCUT2D eigenvalue weighted by atomic mass is 19.1. The Labute approximate surface area is 169 Å². The zero-order valence-electron chi connectivity index (χ0n) is 17.5. The lowest BCUT2D eigenvalue weighted by Gasteiger charge is -2.44. The molecule has 0 aromatic heterocycles. The molecule has 0 saturated heterocycles. The fourth-order valence-corrected chi connectivity index (χ4v) is 6.29. The van der Waals surface area contributed by atoms with Gasteiger partial charge in [-0.05, 0) is 112 Å². The average molecular weight is 387 g/mol. The summed E-state index contributed by atoms with van der Waals surface area (Å²) in [5.74, 6) is 3.83. The van der Waals surface area contributed by atoms with E-state index in [9.17, 15) is 9.18 Å². The molecule has 0 radical (unpaired) electrons. The minimum atomic E-state index is -0.444. The van der Waals surface area contributed by atoms with E-state index in [0.717, 1.165) is 60.8 Å². The summed E-state index contributed by atoms with van der Waals surface area (Å²) in [4.78, 5) is 12.5. The van der Waals surface area contributed by atoms with Gasteiger partial charge in [0.25, 0.3) is 0 Å². The van der Waals surface area contributed by atoms with Crippen LogP contribution in [-0.2, 0) is 4.79 Å². The van der Waals surface area contributed by atoms with Crippen molar-refractivity contribution in [1.82, 2.24) is 0 Å². The first kappa shape index (κ1) is 19.9. The van der Waals surface area contributed by atoms with Crippen LogP contribution in [0.25, 0.3) is 0 Å². The maximum atomic E-state index is 14.0. The highest BCUT2D eigenvalue weighted by Gasteiger charge is 2.39. The number of ether oxygens (including phenoxy) is 1. The topological polar surface area (TPSA) is 26.3 Å². The lowest BCUT2D eigenvalue weighted by Crippen LogP contribution is -2.35. The Morgan fingerprint density at radius 1 is 0.893 bits per heavy atom. The lowest BCUT2D eigenvalue weighted by molar-refractivity contribution is -0.140. The van der Waals surface area contributed by atoms with Gasteiger partial charge in [-0.2, -0.15) is 0 Å². The van der Waals surface area contributed by atoms with Gasteiger partial charge >= 0.3 is 5.97 Å². The molecule has 0 N–H and O–H groups in total. The van der Waals surface area contributed by atoms with Gasteiger partial charge in [-0.3, -0.25) is 4.79 Å². The van der Waals surface area contributed by atoms with E-state index < -0.39 is 5.82 Å². The molecule has 1 aromatic carbocycles. The van der Waals surface area contributed by atoms with Crippen molar-refractivity contribution in [1.29, 1.82) is 0 Å². The van der Waals surface area contributed by atoms with E-state index in [1.54, 1.807) is 12.1 Å². The third-order valence-corrected chi connectivity index (χ3v) is 7.99. The number of benzene rings is 1. The lowest BCUT2D eigenvalue weighted by atomic mass is 9.61. The quantitative estimate of drug-likeness (QED) is 0.427. The van der Waals surface area contributed by atoms with E-state index in [1.165, 1.54) is 44.6 Å². The van der Waals surface area contributed by atoms with Gasteiger partial charge in [0, 0.05) is 0 Å². The van der Waals surface area contributed by atoms with Gasteiger partial charge in [-0.15, -0.1) is 0 Å². The van der Waals surface area contributed by atoms with Crippen molar-refractivity contribution in [3.63, 3.8) is 0 Å². The third-order valence-electron chi connectivity index (χ3n) is 7.99. The summed E-state index contributed by atoms with van der Waals surface area (Å²) in [5, 5.41) is 0. The van der Waals surface area contributed by atoms with Crippen molar-refractivity contribution < 1.29 is 13.9 Å². The largest absolute Gasteiger partial charge is 0.423 e. The molecule has 0 aliphatic heterocycles. The highest BCUT2D eigenvalue weighted by Crippen LogP contribution is 2.49. The minimum absolute atomic E-state index is 0.0659. The average Bonchev–Trinajstić information content (AvgIpc) is 2.70. The SMILES string of the molecule is Cc1ccc(OC(=O)C2CCC(C3CCC4CC(C)CCC4C3)CC2)c(F)c1. The van der Waals surface area contributed by atoms with Gasteiger partial charge in [0.2, 0.25) is 0 Å². The summed E-state index contributed by atoms with van der Waals surface area (Å²) in [7, 11) is 0. The van der Waals surface area contributed by atoms with Crippen molar-refractivity contribution in [2.75, 3.05) is 0 Å². The number of carbonyl (C=O) groups is 1. The number of carbonyl (C=O) groups excluding carboxylic acids is 1. The van der Waals surface area contributed by atoms with Gasteiger partial charge < -0.3 is 4.74 Å². The van der Waals surface area contributed by atoms with E-state index in [0.29, 0.717) is 0 Å². The molecule has 154 valence electrons. The summed E-state index contributed by atoms with van der Waals surface area (Å²) in [5.41, 5.74) is 0.833. The molecule has 0 spiro atoms. The number of aryl methyl sites for hydroxylation is 1. The molecule has 3 saturated carbocycles. The molecular weight excluding hydrogens is 351 g/mol. The smallest absolute Gasteiger partial charge is 0.314 e. The highest BCUT2D eigenvalue weighted by molar-refractivity contribution is 5.75. The van der Waals surface area contributed by atoms with Crippen molar-refractivity contribution >= 4 is 5.97 Å². The van der Waals surface area contributed by atoms with Crippen molar-refractivity contribution in [2.45, 2.75) is 78.1 Å². The predicted octanol–water partition coefficient (Wildman–Crippen LogP) is 6.70. The summed E-state index contributed by atoms with van der Waals surface area (Å²) in [6.07, 6.45) is 12.6. The Balaban J connectivity index is 1.27. The Kier molecular flexibility index (Phi) is 6.08. The predicted molar refractivity (Wildman–Crippen MR) is 110 cm³/mol. The van der Waals surface area contributed by atoms with Gasteiger partial charge in [-0.1, -0.05) is 19.4 Å². The van der Waals surface area contributed by atoms with Gasteiger partial charge in [-0.25, -0.2) is 4.39 Å². The Bertz CT molecular complexity index is 692. The van der Waals surface area contributed by atoms with Crippen molar-refractivity contribution in [3.8, 4) is 5.75 Å². The minimum Gasteiger partial charge on any atom is -0.423 e. The molecule has 0 heterocycles. The molecule has 4 atom stereocenters. The summed E-state index contributed by atoms with van der Waals surface area (Å²) in [6, 6.07) is 4.77. The first-order chi connectivity index (χ1) is 13.5. The molecule has 1 aromatic rings. The first-order valence-corrected chi connectivity index (χ1v) is 11.5. The van der Waals surface area contributed by atoms with Crippen LogP contribution in [0.5, 0.6) is 5.75 Å². The van der Waals surface area contributed by atoms with Crippen LogP contribution in [-0.4, -0.2) is 5.97 Å². The van der Waals surface area contributed by atoms with E-state index in [4.69, 9.17) is 4.74 Å². The molecule has 2 nitrogen and oxygen atoms in total. The standard InChI is InChI=1S/C25H35FO2/c1-16-3-5-22-15-21(11-10-20(22)13-16)18-6-8-19(9-7-18)25(27)28-24-12-4-17(2)14-23(24)26/h4,12,14,16,18-22H,3,5-11,13,15H2,1-2H3.